The zero-order chi connectivity index (χ0) is 16.4. The maximum atomic E-state index is 12.3. The summed E-state index contributed by atoms with van der Waals surface area (Å²) in [6.45, 7) is 0. The van der Waals surface area contributed by atoms with Crippen LogP contribution < -0.4 is 20.3 Å². The quantitative estimate of drug-likeness (QED) is 0.791. The molecular weight excluding hydrogens is 318 g/mol. The number of nitrogens with zero attached hydrogens (tertiary/aromatic N) is 2. The first-order valence-corrected chi connectivity index (χ1v) is 7.50. The highest BCUT2D eigenvalue weighted by Crippen LogP contribution is 2.27. The molecule has 2 heterocycles. The molecule has 1 N–H and O–H groups in total. The number of methoxy groups -OCH3 is 2. The van der Waals surface area contributed by atoms with Crippen LogP contribution in [-0.4, -0.2) is 29.5 Å². The summed E-state index contributed by atoms with van der Waals surface area (Å²) in [6, 6.07) is 4.76. The first-order chi connectivity index (χ1) is 11.1. The smallest absolute Gasteiger partial charge is 0.282 e. The number of anilines is 1. The fourth-order valence-electron chi connectivity index (χ4n) is 2.08. The Morgan fingerprint density at radius 2 is 2.04 bits per heavy atom. The topological polar surface area (TPSA) is 81.9 Å². The van der Waals surface area contributed by atoms with Crippen molar-refractivity contribution >= 4 is 27.9 Å². The number of fused-ring (bicyclic) bond motifs is 1. The Morgan fingerprint density at radius 1 is 1.26 bits per heavy atom. The van der Waals surface area contributed by atoms with Crippen LogP contribution in [0.5, 0.6) is 11.5 Å². The van der Waals surface area contributed by atoms with Gasteiger partial charge in [-0.2, -0.15) is 0 Å². The van der Waals surface area contributed by atoms with E-state index in [1.807, 2.05) is 0 Å². The molecule has 1 amide bonds. The lowest BCUT2D eigenvalue weighted by Gasteiger charge is -2.09. The number of ether oxygens (including phenoxy) is 2. The Kier molecular flexibility index (Phi) is 3.98. The van der Waals surface area contributed by atoms with Crippen LogP contribution in [0.1, 0.15) is 10.4 Å². The van der Waals surface area contributed by atoms with E-state index in [2.05, 4.69) is 10.3 Å². The van der Waals surface area contributed by atoms with E-state index < -0.39 is 5.91 Å². The van der Waals surface area contributed by atoms with Crippen LogP contribution in [0.3, 0.4) is 0 Å². The number of nitrogens with one attached hydrogen (secondary N) is 1. The average molecular weight is 331 g/mol. The number of hydrogen-bond acceptors (Lipinski definition) is 6. The monoisotopic (exact) mass is 331 g/mol. The van der Waals surface area contributed by atoms with Crippen LogP contribution in [0.4, 0.5) is 5.69 Å². The van der Waals surface area contributed by atoms with Gasteiger partial charge in [-0.15, -0.1) is 11.3 Å². The minimum absolute atomic E-state index is 0.112. The molecule has 0 fully saturated rings. The van der Waals surface area contributed by atoms with Crippen LogP contribution in [0, 0.1) is 0 Å². The normalized spacial score (nSPS) is 10.5. The molecule has 2 aromatic heterocycles. The minimum atomic E-state index is -0.431. The highest BCUT2D eigenvalue weighted by Gasteiger charge is 2.13. The predicted octanol–water partition coefficient (Wildman–Crippen LogP) is 2.03. The second kappa shape index (κ2) is 6.09. The lowest BCUT2D eigenvalue weighted by Crippen LogP contribution is -2.22. The number of amides is 1. The number of carbonyl (C=O) groups is 1. The van der Waals surface area contributed by atoms with Crippen LogP contribution in [0.25, 0.3) is 4.96 Å². The standard InChI is InChI=1S/C15H13N3O4S/c1-21-11-4-3-9(7-12(11)22-2)13(19)17-10-8-16-15-18(14(10)20)5-6-23-15/h3-8H,1-2H3,(H,17,19). The van der Waals surface area contributed by atoms with Gasteiger partial charge in [-0.3, -0.25) is 14.0 Å². The first-order valence-electron chi connectivity index (χ1n) is 6.62. The molecule has 0 aliphatic rings. The molecule has 3 aromatic rings. The molecule has 118 valence electrons. The third kappa shape index (κ3) is 2.76. The second-order valence-electron chi connectivity index (χ2n) is 4.56. The van der Waals surface area contributed by atoms with E-state index in [4.69, 9.17) is 9.47 Å². The van der Waals surface area contributed by atoms with Crippen molar-refractivity contribution < 1.29 is 14.3 Å². The van der Waals surface area contributed by atoms with E-state index in [-0.39, 0.29) is 11.2 Å². The fourth-order valence-corrected chi connectivity index (χ4v) is 2.76. The third-order valence-corrected chi connectivity index (χ3v) is 4.01. The molecule has 0 bridgehead atoms. The van der Waals surface area contributed by atoms with Gasteiger partial charge in [0.15, 0.2) is 16.5 Å². The predicted molar refractivity (Wildman–Crippen MR) is 86.8 cm³/mol. The van der Waals surface area contributed by atoms with Gasteiger partial charge in [0.25, 0.3) is 11.5 Å². The summed E-state index contributed by atoms with van der Waals surface area (Å²) in [5.74, 6) is 0.522. The molecule has 0 aliphatic carbocycles. The molecule has 7 nitrogen and oxygen atoms in total. The Morgan fingerprint density at radius 3 is 2.78 bits per heavy atom. The maximum absolute atomic E-state index is 12.3. The van der Waals surface area contributed by atoms with E-state index in [0.717, 1.165) is 0 Å². The van der Waals surface area contributed by atoms with Crippen LogP contribution in [-0.2, 0) is 0 Å². The minimum Gasteiger partial charge on any atom is -0.493 e. The van der Waals surface area contributed by atoms with E-state index in [0.29, 0.717) is 22.0 Å². The highest BCUT2D eigenvalue weighted by molar-refractivity contribution is 7.15. The van der Waals surface area contributed by atoms with Gasteiger partial charge in [-0.1, -0.05) is 0 Å². The lowest BCUT2D eigenvalue weighted by molar-refractivity contribution is 0.102. The Bertz CT molecular complexity index is 932. The van der Waals surface area contributed by atoms with Gasteiger partial charge < -0.3 is 14.8 Å². The molecule has 0 saturated carbocycles. The van der Waals surface area contributed by atoms with Gasteiger partial charge in [0.1, 0.15) is 5.69 Å². The van der Waals surface area contributed by atoms with Crippen molar-refractivity contribution in [2.75, 3.05) is 19.5 Å². The number of benzene rings is 1. The SMILES string of the molecule is COc1ccc(C(=O)Nc2cnc3sccn3c2=O)cc1OC. The summed E-state index contributed by atoms with van der Waals surface area (Å²) in [7, 11) is 3.00. The van der Waals surface area contributed by atoms with Crippen molar-refractivity contribution in [2.45, 2.75) is 0 Å². The lowest BCUT2D eigenvalue weighted by atomic mass is 10.2. The summed E-state index contributed by atoms with van der Waals surface area (Å²) < 4.78 is 11.7. The largest absolute Gasteiger partial charge is 0.493 e. The van der Waals surface area contributed by atoms with Crippen LogP contribution >= 0.6 is 11.3 Å². The molecule has 0 saturated heterocycles. The Balaban J connectivity index is 1.91. The molecular formula is C15H13N3O4S. The van der Waals surface area contributed by atoms with Gasteiger partial charge in [-0.05, 0) is 18.2 Å². The molecule has 0 unspecified atom stereocenters. The van der Waals surface area contributed by atoms with Gasteiger partial charge in [0.05, 0.1) is 20.4 Å². The number of rotatable bonds is 4. The zero-order valence-electron chi connectivity index (χ0n) is 12.4. The van der Waals surface area contributed by atoms with Gasteiger partial charge in [0, 0.05) is 17.1 Å². The van der Waals surface area contributed by atoms with Crippen molar-refractivity contribution in [3.63, 3.8) is 0 Å². The maximum Gasteiger partial charge on any atom is 0.282 e. The van der Waals surface area contributed by atoms with Crippen molar-refractivity contribution in [3.05, 3.63) is 51.9 Å². The molecule has 1 aromatic carbocycles. The van der Waals surface area contributed by atoms with E-state index in [1.54, 1.807) is 29.8 Å². The number of carbonyl (C=O) groups excluding carboxylic acids is 1. The third-order valence-electron chi connectivity index (χ3n) is 3.24. The Hall–Kier alpha value is -2.87. The van der Waals surface area contributed by atoms with Crippen molar-refractivity contribution in [3.8, 4) is 11.5 Å². The van der Waals surface area contributed by atoms with Crippen molar-refractivity contribution in [1.29, 1.82) is 0 Å². The molecule has 0 aliphatic heterocycles. The number of aromatic nitrogens is 2. The van der Waals surface area contributed by atoms with Crippen molar-refractivity contribution in [2.24, 2.45) is 0 Å². The highest BCUT2D eigenvalue weighted by atomic mass is 32.1. The van der Waals surface area contributed by atoms with Gasteiger partial charge >= 0.3 is 0 Å². The number of hydrogen-bond donors (Lipinski definition) is 1. The van der Waals surface area contributed by atoms with Crippen LogP contribution in [0.15, 0.2) is 40.8 Å². The molecule has 8 heteroatoms. The van der Waals surface area contributed by atoms with Gasteiger partial charge in [0.2, 0.25) is 0 Å². The molecule has 3 rings (SSSR count). The van der Waals surface area contributed by atoms with Gasteiger partial charge in [-0.25, -0.2) is 4.98 Å². The van der Waals surface area contributed by atoms with Crippen molar-refractivity contribution in [1.82, 2.24) is 9.38 Å². The van der Waals surface area contributed by atoms with Crippen LogP contribution in [0.2, 0.25) is 0 Å². The summed E-state index contributed by atoms with van der Waals surface area (Å²) in [6.07, 6.45) is 2.97. The summed E-state index contributed by atoms with van der Waals surface area (Å²) >= 11 is 1.34. The fraction of sp³-hybridized carbons (Fsp3) is 0.133. The summed E-state index contributed by atoms with van der Waals surface area (Å²) in [5, 5.41) is 4.32. The molecule has 0 radical (unpaired) electrons. The van der Waals surface area contributed by atoms with E-state index in [1.165, 1.54) is 36.2 Å². The summed E-state index contributed by atoms with van der Waals surface area (Å²) in [5.41, 5.74) is 0.128. The second-order valence-corrected chi connectivity index (χ2v) is 5.43. The first kappa shape index (κ1) is 15.0. The van der Waals surface area contributed by atoms with E-state index >= 15 is 0 Å². The summed E-state index contributed by atoms with van der Waals surface area (Å²) in [4.78, 5) is 29.3. The number of thiazole rings is 1. The Labute approximate surface area is 135 Å². The molecule has 23 heavy (non-hydrogen) atoms. The molecule has 0 atom stereocenters. The molecule has 0 spiro atoms. The van der Waals surface area contributed by atoms with E-state index in [9.17, 15) is 9.59 Å². The average Bonchev–Trinajstić information content (AvgIpc) is 3.06. The zero-order valence-corrected chi connectivity index (χ0v) is 13.2.